The lowest BCUT2D eigenvalue weighted by atomic mass is 10.1. The first-order chi connectivity index (χ1) is 14.0. The van der Waals surface area contributed by atoms with Crippen molar-refractivity contribution >= 4 is 28.6 Å². The van der Waals surface area contributed by atoms with Gasteiger partial charge in [-0.3, -0.25) is 4.98 Å². The smallest absolute Gasteiger partial charge is 0.416 e. The number of esters is 1. The number of ether oxygens (including phenoxy) is 1. The van der Waals surface area contributed by atoms with Gasteiger partial charge < -0.3 is 4.74 Å². The van der Waals surface area contributed by atoms with E-state index >= 15 is 0 Å². The van der Waals surface area contributed by atoms with E-state index in [1.54, 1.807) is 6.92 Å². The highest BCUT2D eigenvalue weighted by atomic mass is 32.2. The minimum Gasteiger partial charge on any atom is -0.462 e. The molecule has 3 nitrogen and oxygen atoms in total. The normalized spacial score (nSPS) is 12.2. The minimum atomic E-state index is -4.65. The maximum absolute atomic E-state index is 13.2. The molecular formula is C20H13F6NO2S. The summed E-state index contributed by atoms with van der Waals surface area (Å²) in [5.41, 5.74) is -1.86. The molecule has 0 fully saturated rings. The third-order valence-electron chi connectivity index (χ3n) is 4.02. The fourth-order valence-corrected chi connectivity index (χ4v) is 3.75. The van der Waals surface area contributed by atoms with Gasteiger partial charge in [-0.05, 0) is 43.3 Å². The fraction of sp³-hybridized carbons (Fsp3) is 0.200. The maximum atomic E-state index is 13.2. The number of aromatic nitrogens is 1. The number of halogens is 6. The van der Waals surface area contributed by atoms with Crippen molar-refractivity contribution in [1.82, 2.24) is 4.98 Å². The van der Waals surface area contributed by atoms with E-state index in [2.05, 4.69) is 4.98 Å². The lowest BCUT2D eigenvalue weighted by molar-refractivity contribution is -0.138. The van der Waals surface area contributed by atoms with Gasteiger partial charge in [-0.15, -0.1) is 0 Å². The molecule has 0 aliphatic heterocycles. The molecule has 0 N–H and O–H groups in total. The SMILES string of the molecule is CCOC(=O)c1cnc2ccc(C(F)(F)F)cc2c1Sc1cccc(C(F)(F)F)c1. The quantitative estimate of drug-likeness (QED) is 0.335. The molecule has 3 rings (SSSR count). The first-order valence-electron chi connectivity index (χ1n) is 8.53. The van der Waals surface area contributed by atoms with Gasteiger partial charge >= 0.3 is 18.3 Å². The third kappa shape index (κ3) is 4.69. The number of nitrogens with zero attached hydrogens (tertiary/aromatic N) is 1. The number of carbonyl (C=O) groups is 1. The Labute approximate surface area is 171 Å². The summed E-state index contributed by atoms with van der Waals surface area (Å²) >= 11 is 0.739. The van der Waals surface area contributed by atoms with Crippen molar-refractivity contribution in [1.29, 1.82) is 0 Å². The molecule has 0 radical (unpaired) electrons. The third-order valence-corrected chi connectivity index (χ3v) is 5.16. The predicted molar refractivity (Wildman–Crippen MR) is 98.3 cm³/mol. The second-order valence-corrected chi connectivity index (χ2v) is 7.16. The number of rotatable bonds is 4. The number of carbonyl (C=O) groups excluding carboxylic acids is 1. The number of pyridine rings is 1. The van der Waals surface area contributed by atoms with Gasteiger partial charge in [-0.2, -0.15) is 26.3 Å². The second kappa shape index (κ2) is 8.17. The summed E-state index contributed by atoms with van der Waals surface area (Å²) in [6.45, 7) is 1.56. The van der Waals surface area contributed by atoms with Gasteiger partial charge in [0.2, 0.25) is 0 Å². The number of hydrogen-bond acceptors (Lipinski definition) is 4. The van der Waals surface area contributed by atoms with Crippen molar-refractivity contribution in [3.05, 3.63) is 65.4 Å². The molecule has 0 saturated heterocycles. The van der Waals surface area contributed by atoms with E-state index in [0.717, 1.165) is 48.3 Å². The largest absolute Gasteiger partial charge is 0.462 e. The monoisotopic (exact) mass is 445 g/mol. The van der Waals surface area contributed by atoms with Crippen LogP contribution in [0.3, 0.4) is 0 Å². The van der Waals surface area contributed by atoms with Crippen LogP contribution in [0.25, 0.3) is 10.9 Å². The lowest BCUT2D eigenvalue weighted by Crippen LogP contribution is -2.09. The Morgan fingerprint density at radius 2 is 1.67 bits per heavy atom. The molecule has 0 unspecified atom stereocenters. The lowest BCUT2D eigenvalue weighted by Gasteiger charge is -2.14. The molecule has 10 heteroatoms. The van der Waals surface area contributed by atoms with Crippen molar-refractivity contribution in [3.8, 4) is 0 Å². The Hall–Kier alpha value is -2.75. The molecule has 1 aromatic heterocycles. The molecule has 30 heavy (non-hydrogen) atoms. The van der Waals surface area contributed by atoms with Crippen molar-refractivity contribution in [2.24, 2.45) is 0 Å². The van der Waals surface area contributed by atoms with E-state index in [0.29, 0.717) is 0 Å². The van der Waals surface area contributed by atoms with E-state index in [1.165, 1.54) is 12.1 Å². The van der Waals surface area contributed by atoms with E-state index in [-0.39, 0.29) is 32.9 Å². The minimum absolute atomic E-state index is 0.00707. The van der Waals surface area contributed by atoms with Crippen LogP contribution in [0.2, 0.25) is 0 Å². The molecule has 0 bridgehead atoms. The first kappa shape index (κ1) is 21.9. The van der Waals surface area contributed by atoms with Gasteiger partial charge in [0.25, 0.3) is 0 Å². The molecular weight excluding hydrogens is 432 g/mol. The number of hydrogen-bond donors (Lipinski definition) is 0. The van der Waals surface area contributed by atoms with Crippen LogP contribution in [0.5, 0.6) is 0 Å². The van der Waals surface area contributed by atoms with Crippen LogP contribution in [-0.2, 0) is 17.1 Å². The van der Waals surface area contributed by atoms with Gasteiger partial charge in [0.15, 0.2) is 0 Å². The van der Waals surface area contributed by atoms with Crippen LogP contribution in [0.4, 0.5) is 26.3 Å². The van der Waals surface area contributed by atoms with Crippen LogP contribution in [0.1, 0.15) is 28.4 Å². The van der Waals surface area contributed by atoms with E-state index in [9.17, 15) is 31.1 Å². The van der Waals surface area contributed by atoms with Crippen molar-refractivity contribution in [2.75, 3.05) is 6.61 Å². The Balaban J connectivity index is 2.20. The van der Waals surface area contributed by atoms with Gasteiger partial charge in [0.05, 0.1) is 28.8 Å². The molecule has 2 aromatic carbocycles. The van der Waals surface area contributed by atoms with E-state index in [1.807, 2.05) is 0 Å². The number of fused-ring (bicyclic) bond motifs is 1. The summed E-state index contributed by atoms with van der Waals surface area (Å²) in [6.07, 6.45) is -8.10. The predicted octanol–water partition coefficient (Wildman–Crippen LogP) is 6.60. The molecule has 0 aliphatic rings. The molecule has 158 valence electrons. The van der Waals surface area contributed by atoms with Gasteiger partial charge in [-0.1, -0.05) is 17.8 Å². The second-order valence-electron chi connectivity index (χ2n) is 6.08. The summed E-state index contributed by atoms with van der Waals surface area (Å²) in [5.74, 6) is -0.834. The van der Waals surface area contributed by atoms with E-state index in [4.69, 9.17) is 4.74 Å². The number of benzene rings is 2. The molecule has 3 aromatic rings. The summed E-state index contributed by atoms with van der Waals surface area (Å²) in [5, 5.41) is -0.0159. The van der Waals surface area contributed by atoms with E-state index < -0.39 is 29.4 Å². The average Bonchev–Trinajstić information content (AvgIpc) is 2.67. The summed E-state index contributed by atoms with van der Waals surface area (Å²) in [6, 6.07) is 7.10. The van der Waals surface area contributed by atoms with Crippen molar-refractivity contribution < 1.29 is 35.9 Å². The maximum Gasteiger partial charge on any atom is 0.416 e. The molecule has 0 amide bonds. The van der Waals surface area contributed by atoms with Crippen LogP contribution in [0.15, 0.2) is 58.5 Å². The molecule has 0 aliphatic carbocycles. The zero-order valence-corrected chi connectivity index (χ0v) is 16.1. The number of alkyl halides is 6. The van der Waals surface area contributed by atoms with Crippen molar-refractivity contribution in [2.45, 2.75) is 29.1 Å². The fourth-order valence-electron chi connectivity index (χ4n) is 2.66. The van der Waals surface area contributed by atoms with Crippen LogP contribution < -0.4 is 0 Å². The Morgan fingerprint density at radius 3 is 2.30 bits per heavy atom. The topological polar surface area (TPSA) is 39.2 Å². The van der Waals surface area contributed by atoms with Crippen LogP contribution in [0, 0.1) is 0 Å². The molecule has 0 atom stereocenters. The van der Waals surface area contributed by atoms with Crippen LogP contribution >= 0.6 is 11.8 Å². The zero-order valence-electron chi connectivity index (χ0n) is 15.3. The summed E-state index contributed by atoms with van der Waals surface area (Å²) in [4.78, 5) is 16.5. The Morgan fingerprint density at radius 1 is 1.00 bits per heavy atom. The Kier molecular flexibility index (Phi) is 5.98. The highest BCUT2D eigenvalue weighted by Gasteiger charge is 2.32. The van der Waals surface area contributed by atoms with Gasteiger partial charge in [0.1, 0.15) is 0 Å². The highest BCUT2D eigenvalue weighted by Crippen LogP contribution is 2.40. The highest BCUT2D eigenvalue weighted by molar-refractivity contribution is 7.99. The van der Waals surface area contributed by atoms with Crippen LogP contribution in [-0.4, -0.2) is 17.6 Å². The van der Waals surface area contributed by atoms with Gasteiger partial charge in [-0.25, -0.2) is 4.79 Å². The molecule has 0 spiro atoms. The van der Waals surface area contributed by atoms with Crippen molar-refractivity contribution in [3.63, 3.8) is 0 Å². The summed E-state index contributed by atoms with van der Waals surface area (Å²) in [7, 11) is 0. The average molecular weight is 445 g/mol. The zero-order chi connectivity index (χ0) is 22.1. The Bertz CT molecular complexity index is 1090. The molecule has 1 heterocycles. The first-order valence-corrected chi connectivity index (χ1v) is 9.34. The standard InChI is InChI=1S/C20H13F6NO2S/c1-2-29-18(28)15-10-27-16-7-6-12(20(24,25)26)9-14(16)17(15)30-13-5-3-4-11(8-13)19(21,22)23/h3-10H,2H2,1H3. The van der Waals surface area contributed by atoms with Gasteiger partial charge in [0, 0.05) is 21.4 Å². The molecule has 0 saturated carbocycles. The summed E-state index contributed by atoms with van der Waals surface area (Å²) < 4.78 is 83.6.